The maximum absolute atomic E-state index is 11.6. The average Bonchev–Trinajstić information content (AvgIpc) is 2.57. The highest BCUT2D eigenvalue weighted by atomic mass is 31.2. The van der Waals surface area contributed by atoms with Crippen molar-refractivity contribution in [1.82, 2.24) is 4.98 Å². The fraction of sp³-hybridized carbons (Fsp3) is 0.688. The number of nitrogens with zero attached hydrogens (tertiary/aromatic N) is 2. The van der Waals surface area contributed by atoms with Gasteiger partial charge in [0.15, 0.2) is 0 Å². The normalized spacial score (nSPS) is 15.5. The van der Waals surface area contributed by atoms with Gasteiger partial charge in [0, 0.05) is 25.2 Å². The predicted octanol–water partition coefficient (Wildman–Crippen LogP) is 1.65. The fourth-order valence-corrected chi connectivity index (χ4v) is 5.05. The van der Waals surface area contributed by atoms with Crippen molar-refractivity contribution in [3.8, 4) is 0 Å². The van der Waals surface area contributed by atoms with Gasteiger partial charge in [-0.1, -0.05) is 19.4 Å². The standard InChI is InChI=1S/C16H30N2O7P2/c1-3-4-5-11-18(2,12-8-15-7-6-10-17-14-15)13-9-16(19,26(20,21)22)27(23,24)25/h6-7,10,14,19H,3-5,8-9,11-13H2,1-2H3,(H3-,20,21,22,23,24,25)/p+1. The molecule has 156 valence electrons. The number of rotatable bonds is 12. The summed E-state index contributed by atoms with van der Waals surface area (Å²) in [6.07, 6.45) is 6.19. The molecule has 0 bridgehead atoms. The first-order chi connectivity index (χ1) is 12.3. The van der Waals surface area contributed by atoms with Gasteiger partial charge in [0.1, 0.15) is 0 Å². The maximum Gasteiger partial charge on any atom is 0.369 e. The van der Waals surface area contributed by atoms with Crippen LogP contribution in [-0.2, 0) is 15.6 Å². The van der Waals surface area contributed by atoms with Crippen LogP contribution in [-0.4, -0.2) is 65.9 Å². The van der Waals surface area contributed by atoms with Gasteiger partial charge < -0.3 is 29.2 Å². The molecule has 0 saturated heterocycles. The van der Waals surface area contributed by atoms with Crippen molar-refractivity contribution in [3.05, 3.63) is 30.1 Å². The van der Waals surface area contributed by atoms with Crippen LogP contribution in [0.3, 0.4) is 0 Å². The first-order valence-electron chi connectivity index (χ1n) is 8.91. The second-order valence-corrected chi connectivity index (χ2v) is 11.2. The molecule has 11 heteroatoms. The molecule has 0 aliphatic rings. The van der Waals surface area contributed by atoms with E-state index >= 15 is 0 Å². The van der Waals surface area contributed by atoms with E-state index in [2.05, 4.69) is 11.9 Å². The second kappa shape index (κ2) is 9.72. The van der Waals surface area contributed by atoms with Gasteiger partial charge in [-0.25, -0.2) is 0 Å². The van der Waals surface area contributed by atoms with Crippen molar-refractivity contribution in [2.45, 2.75) is 44.1 Å². The van der Waals surface area contributed by atoms with Crippen molar-refractivity contribution < 1.29 is 38.3 Å². The molecule has 0 radical (unpaired) electrons. The number of aliphatic hydroxyl groups is 1. The maximum atomic E-state index is 11.6. The third kappa shape index (κ3) is 7.04. The Balaban J connectivity index is 2.95. The van der Waals surface area contributed by atoms with Gasteiger partial charge in [-0.2, -0.15) is 0 Å². The van der Waals surface area contributed by atoms with Gasteiger partial charge in [-0.05, 0) is 24.5 Å². The number of unbranched alkanes of at least 4 members (excludes halogenated alkanes) is 2. The topological polar surface area (TPSA) is 148 Å². The van der Waals surface area contributed by atoms with E-state index < -0.39 is 26.7 Å². The van der Waals surface area contributed by atoms with Crippen molar-refractivity contribution in [1.29, 1.82) is 0 Å². The summed E-state index contributed by atoms with van der Waals surface area (Å²) in [4.78, 5) is 41.4. The van der Waals surface area contributed by atoms with Gasteiger partial charge in [0.25, 0.3) is 5.08 Å². The van der Waals surface area contributed by atoms with Crippen LogP contribution in [0.5, 0.6) is 0 Å². The van der Waals surface area contributed by atoms with Gasteiger partial charge in [-0.3, -0.25) is 14.1 Å². The minimum absolute atomic E-state index is 0.0245. The van der Waals surface area contributed by atoms with Crippen LogP contribution < -0.4 is 0 Å². The Morgan fingerprint density at radius 1 is 1.07 bits per heavy atom. The molecule has 0 aromatic carbocycles. The molecule has 0 amide bonds. The Morgan fingerprint density at radius 2 is 1.70 bits per heavy atom. The molecular weight excluding hydrogens is 394 g/mol. The van der Waals surface area contributed by atoms with E-state index in [1.165, 1.54) is 0 Å². The van der Waals surface area contributed by atoms with Crippen molar-refractivity contribution in [3.63, 3.8) is 0 Å². The highest BCUT2D eigenvalue weighted by molar-refractivity contribution is 7.72. The van der Waals surface area contributed by atoms with Gasteiger partial charge in [-0.15, -0.1) is 0 Å². The molecule has 1 aromatic rings. The Kier molecular flexibility index (Phi) is 8.79. The number of likely N-dealkylation sites (N-methyl/N-ethyl adjacent to an activating group) is 1. The zero-order valence-corrected chi connectivity index (χ0v) is 17.6. The molecule has 1 aromatic heterocycles. The lowest BCUT2D eigenvalue weighted by molar-refractivity contribution is -0.910. The third-order valence-electron chi connectivity index (χ3n) is 4.88. The Labute approximate surface area is 160 Å². The smallest absolute Gasteiger partial charge is 0.367 e. The monoisotopic (exact) mass is 425 g/mol. The summed E-state index contributed by atoms with van der Waals surface area (Å²) in [6.45, 7) is 3.34. The van der Waals surface area contributed by atoms with Crippen molar-refractivity contribution >= 4 is 15.2 Å². The summed E-state index contributed by atoms with van der Waals surface area (Å²) < 4.78 is 23.5. The van der Waals surface area contributed by atoms with Crippen LogP contribution >= 0.6 is 15.2 Å². The summed E-state index contributed by atoms with van der Waals surface area (Å²) in [5, 5.41) is 6.80. The SMILES string of the molecule is CCCCC[N+](C)(CCc1cccnc1)CCC(O)(P(=O)(O)O)P(=O)(O)O. The van der Waals surface area contributed by atoms with Gasteiger partial charge >= 0.3 is 15.2 Å². The lowest BCUT2D eigenvalue weighted by Crippen LogP contribution is -2.49. The van der Waals surface area contributed by atoms with E-state index in [1.54, 1.807) is 12.4 Å². The minimum Gasteiger partial charge on any atom is -0.367 e. The highest BCUT2D eigenvalue weighted by Crippen LogP contribution is 2.69. The number of hydrogen-bond acceptors (Lipinski definition) is 4. The minimum atomic E-state index is -5.43. The van der Waals surface area contributed by atoms with Crippen LogP contribution in [0.4, 0.5) is 0 Å². The van der Waals surface area contributed by atoms with Crippen molar-refractivity contribution in [2.24, 2.45) is 0 Å². The third-order valence-corrected chi connectivity index (χ3v) is 8.76. The van der Waals surface area contributed by atoms with E-state index in [1.807, 2.05) is 19.2 Å². The summed E-state index contributed by atoms with van der Waals surface area (Å²) in [7, 11) is -9.00. The molecule has 1 rings (SSSR count). The molecule has 0 fully saturated rings. The zero-order chi connectivity index (χ0) is 20.8. The predicted molar refractivity (Wildman–Crippen MR) is 102 cm³/mol. The summed E-state index contributed by atoms with van der Waals surface area (Å²) in [5.74, 6) is 0. The Hall–Kier alpha value is -0.630. The van der Waals surface area contributed by atoms with Gasteiger partial charge in [0.2, 0.25) is 0 Å². The van der Waals surface area contributed by atoms with Crippen molar-refractivity contribution in [2.75, 3.05) is 26.7 Å². The first kappa shape index (κ1) is 24.4. The molecule has 1 heterocycles. The number of pyridine rings is 1. The fourth-order valence-electron chi connectivity index (χ4n) is 2.90. The summed E-state index contributed by atoms with van der Waals surface area (Å²) in [5.41, 5.74) is 0.998. The zero-order valence-electron chi connectivity index (χ0n) is 15.8. The molecular formula is C16H31N2O7P2+. The van der Waals surface area contributed by atoms with Crippen LogP contribution in [0.15, 0.2) is 24.5 Å². The van der Waals surface area contributed by atoms with Crippen LogP contribution in [0.25, 0.3) is 0 Å². The van der Waals surface area contributed by atoms with E-state index in [9.17, 15) is 33.8 Å². The second-order valence-electron chi connectivity index (χ2n) is 7.22. The molecule has 0 saturated carbocycles. The van der Waals surface area contributed by atoms with Gasteiger partial charge in [0.05, 0.1) is 26.7 Å². The molecule has 0 spiro atoms. The van der Waals surface area contributed by atoms with Crippen LogP contribution in [0.1, 0.15) is 38.2 Å². The van der Waals surface area contributed by atoms with E-state index in [0.717, 1.165) is 24.8 Å². The summed E-state index contributed by atoms with van der Waals surface area (Å²) >= 11 is 0. The first-order valence-corrected chi connectivity index (χ1v) is 12.1. The van der Waals surface area contributed by atoms with Crippen LogP contribution in [0.2, 0.25) is 0 Å². The van der Waals surface area contributed by atoms with Crippen LogP contribution in [0, 0.1) is 0 Å². The number of hydrogen-bond donors (Lipinski definition) is 5. The lowest BCUT2D eigenvalue weighted by Gasteiger charge is -2.38. The lowest BCUT2D eigenvalue weighted by atomic mass is 10.1. The molecule has 5 N–H and O–H groups in total. The molecule has 0 aliphatic carbocycles. The van der Waals surface area contributed by atoms with E-state index in [-0.39, 0.29) is 6.54 Å². The Bertz CT molecular complexity index is 655. The molecule has 1 atom stereocenters. The molecule has 9 nitrogen and oxygen atoms in total. The number of quaternary nitrogens is 1. The average molecular weight is 425 g/mol. The van der Waals surface area contributed by atoms with E-state index in [0.29, 0.717) is 24.0 Å². The molecule has 27 heavy (non-hydrogen) atoms. The largest absolute Gasteiger partial charge is 0.369 e. The summed E-state index contributed by atoms with van der Waals surface area (Å²) in [6, 6.07) is 3.74. The Morgan fingerprint density at radius 3 is 2.19 bits per heavy atom. The number of aromatic nitrogens is 1. The van der Waals surface area contributed by atoms with E-state index in [4.69, 9.17) is 0 Å². The highest BCUT2D eigenvalue weighted by Gasteiger charge is 2.59. The quantitative estimate of drug-likeness (QED) is 0.193. The molecule has 1 unspecified atom stereocenters. The molecule has 0 aliphatic heterocycles.